The van der Waals surface area contributed by atoms with Crippen LogP contribution in [0.4, 0.5) is 0 Å². The van der Waals surface area contributed by atoms with E-state index in [-0.39, 0.29) is 0 Å². The smallest absolute Gasteiger partial charge is 0.194 e. The van der Waals surface area contributed by atoms with Crippen LogP contribution in [0.5, 0.6) is 0 Å². The van der Waals surface area contributed by atoms with E-state index in [0.717, 1.165) is 18.7 Å². The van der Waals surface area contributed by atoms with Crippen LogP contribution in [0.2, 0.25) is 0 Å². The van der Waals surface area contributed by atoms with E-state index in [4.69, 9.17) is 0 Å². The highest BCUT2D eigenvalue weighted by molar-refractivity contribution is 5.16. The summed E-state index contributed by atoms with van der Waals surface area (Å²) in [6, 6.07) is 0. The number of aromatic nitrogens is 6. The minimum absolute atomic E-state index is 0.677. The number of aryl methyl sites for hydroxylation is 2. The molecule has 6 nitrogen and oxygen atoms in total. The Morgan fingerprint density at radius 3 is 3.00 bits per heavy atom. The summed E-state index contributed by atoms with van der Waals surface area (Å²) in [5.74, 6) is 0.744. The Hall–Kier alpha value is -1.72. The lowest BCUT2D eigenvalue weighted by Gasteiger charge is -2.12. The van der Waals surface area contributed by atoms with Crippen LogP contribution in [-0.2, 0) is 26.4 Å². The van der Waals surface area contributed by atoms with Crippen LogP contribution in [0, 0.1) is 0 Å². The zero-order valence-electron chi connectivity index (χ0n) is 9.30. The van der Waals surface area contributed by atoms with Gasteiger partial charge >= 0.3 is 0 Å². The van der Waals surface area contributed by atoms with Crippen molar-refractivity contribution in [2.45, 2.75) is 32.2 Å². The fourth-order valence-electron chi connectivity index (χ4n) is 2.21. The number of fused-ring (bicyclic) bond motifs is 1. The molecule has 1 aliphatic carbocycles. The third kappa shape index (κ3) is 1.60. The molecule has 0 saturated carbocycles. The molecule has 0 radical (unpaired) electrons. The van der Waals surface area contributed by atoms with Gasteiger partial charge in [0.15, 0.2) is 5.82 Å². The van der Waals surface area contributed by atoms with Crippen LogP contribution in [0.3, 0.4) is 0 Å². The maximum absolute atomic E-state index is 4.44. The summed E-state index contributed by atoms with van der Waals surface area (Å²) in [5, 5.41) is 12.0. The molecule has 0 atom stereocenters. The van der Waals surface area contributed by atoms with E-state index in [1.54, 1.807) is 7.05 Å². The molecule has 0 saturated heterocycles. The van der Waals surface area contributed by atoms with Crippen molar-refractivity contribution in [1.82, 2.24) is 29.8 Å². The molecule has 0 unspecified atom stereocenters. The van der Waals surface area contributed by atoms with Gasteiger partial charge in [-0.25, -0.2) is 4.98 Å². The van der Waals surface area contributed by atoms with E-state index in [1.165, 1.54) is 29.0 Å². The Balaban J connectivity index is 1.87. The van der Waals surface area contributed by atoms with Crippen LogP contribution in [0.15, 0.2) is 6.33 Å². The molecule has 16 heavy (non-hydrogen) atoms. The van der Waals surface area contributed by atoms with Gasteiger partial charge in [-0.05, 0) is 30.9 Å². The van der Waals surface area contributed by atoms with Gasteiger partial charge in [0.1, 0.15) is 0 Å². The molecule has 2 aromatic rings. The van der Waals surface area contributed by atoms with Gasteiger partial charge in [0.05, 0.1) is 25.6 Å². The lowest BCUT2D eigenvalue weighted by Crippen LogP contribution is -2.10. The molecule has 3 rings (SSSR count). The van der Waals surface area contributed by atoms with Crippen molar-refractivity contribution in [3.8, 4) is 0 Å². The van der Waals surface area contributed by atoms with E-state index in [9.17, 15) is 0 Å². The van der Waals surface area contributed by atoms with Crippen molar-refractivity contribution in [3.05, 3.63) is 23.5 Å². The summed E-state index contributed by atoms with van der Waals surface area (Å²) in [6.07, 6.45) is 6.64. The van der Waals surface area contributed by atoms with Gasteiger partial charge < -0.3 is 4.57 Å². The Morgan fingerprint density at radius 1 is 1.31 bits per heavy atom. The first-order chi connectivity index (χ1) is 7.83. The van der Waals surface area contributed by atoms with Crippen molar-refractivity contribution in [2.75, 3.05) is 0 Å². The molecule has 84 valence electrons. The Kier molecular flexibility index (Phi) is 2.19. The monoisotopic (exact) mass is 218 g/mol. The molecule has 6 heteroatoms. The van der Waals surface area contributed by atoms with E-state index in [2.05, 4.69) is 25.0 Å². The summed E-state index contributed by atoms with van der Waals surface area (Å²) in [5.41, 5.74) is 2.59. The summed E-state index contributed by atoms with van der Waals surface area (Å²) < 4.78 is 2.14. The molecule has 0 N–H and O–H groups in total. The van der Waals surface area contributed by atoms with Crippen LogP contribution in [0.25, 0.3) is 0 Å². The topological polar surface area (TPSA) is 61.4 Å². The second-order valence-corrected chi connectivity index (χ2v) is 4.17. The zero-order chi connectivity index (χ0) is 11.0. The van der Waals surface area contributed by atoms with Crippen LogP contribution in [0.1, 0.15) is 30.1 Å². The molecular weight excluding hydrogens is 204 g/mol. The van der Waals surface area contributed by atoms with E-state index in [1.807, 2.05) is 6.33 Å². The quantitative estimate of drug-likeness (QED) is 0.729. The standard InChI is InChI=1S/C10H14N6/c1-15-13-10(12-14-15)6-16-7-11-8-4-2-3-5-9(8)16/h7H,2-6H2,1H3. The molecular formula is C10H14N6. The molecule has 2 heterocycles. The summed E-state index contributed by atoms with van der Waals surface area (Å²) >= 11 is 0. The van der Waals surface area contributed by atoms with Crippen molar-refractivity contribution >= 4 is 0 Å². The maximum Gasteiger partial charge on any atom is 0.194 e. The second kappa shape index (κ2) is 3.70. The lowest BCUT2D eigenvalue weighted by atomic mass is 10.0. The third-order valence-electron chi connectivity index (χ3n) is 2.97. The van der Waals surface area contributed by atoms with Crippen LogP contribution < -0.4 is 0 Å². The highest BCUT2D eigenvalue weighted by Gasteiger charge is 2.16. The van der Waals surface area contributed by atoms with Crippen molar-refractivity contribution in [3.63, 3.8) is 0 Å². The second-order valence-electron chi connectivity index (χ2n) is 4.17. The Labute approximate surface area is 93.3 Å². The Bertz CT molecular complexity index is 497. The molecule has 0 fully saturated rings. The SMILES string of the molecule is Cn1nnc(Cn2cnc3c2CCCC3)n1. The predicted octanol–water partition coefficient (Wildman–Crippen LogP) is 0.334. The minimum atomic E-state index is 0.677. The molecule has 0 aromatic carbocycles. The van der Waals surface area contributed by atoms with Gasteiger partial charge in [0.25, 0.3) is 0 Å². The number of hydrogen-bond donors (Lipinski definition) is 0. The normalized spacial score (nSPS) is 15.1. The average Bonchev–Trinajstić information content (AvgIpc) is 2.87. The summed E-state index contributed by atoms with van der Waals surface area (Å²) in [7, 11) is 1.78. The molecule has 0 spiro atoms. The van der Waals surface area contributed by atoms with Crippen LogP contribution >= 0.6 is 0 Å². The highest BCUT2D eigenvalue weighted by atomic mass is 15.6. The average molecular weight is 218 g/mol. The fourth-order valence-corrected chi connectivity index (χ4v) is 2.21. The van der Waals surface area contributed by atoms with E-state index in [0.29, 0.717) is 6.54 Å². The number of imidazole rings is 1. The largest absolute Gasteiger partial charge is 0.327 e. The van der Waals surface area contributed by atoms with E-state index >= 15 is 0 Å². The number of hydrogen-bond acceptors (Lipinski definition) is 4. The molecule has 0 aliphatic heterocycles. The molecule has 2 aromatic heterocycles. The molecule has 1 aliphatic rings. The van der Waals surface area contributed by atoms with Gasteiger partial charge in [-0.15, -0.1) is 10.2 Å². The number of tetrazole rings is 1. The van der Waals surface area contributed by atoms with E-state index < -0.39 is 0 Å². The number of nitrogens with zero attached hydrogens (tertiary/aromatic N) is 6. The summed E-state index contributed by atoms with van der Waals surface area (Å²) in [4.78, 5) is 5.92. The van der Waals surface area contributed by atoms with Crippen molar-refractivity contribution < 1.29 is 0 Å². The first kappa shape index (κ1) is 9.50. The maximum atomic E-state index is 4.44. The van der Waals surface area contributed by atoms with Gasteiger partial charge in [-0.2, -0.15) is 4.80 Å². The fraction of sp³-hybridized carbons (Fsp3) is 0.600. The summed E-state index contributed by atoms with van der Waals surface area (Å²) in [6.45, 7) is 0.677. The van der Waals surface area contributed by atoms with Gasteiger partial charge in [0, 0.05) is 5.69 Å². The Morgan fingerprint density at radius 2 is 2.19 bits per heavy atom. The minimum Gasteiger partial charge on any atom is -0.327 e. The van der Waals surface area contributed by atoms with Crippen molar-refractivity contribution in [2.24, 2.45) is 7.05 Å². The molecule has 0 amide bonds. The lowest BCUT2D eigenvalue weighted by molar-refractivity contribution is 0.610. The molecule has 0 bridgehead atoms. The third-order valence-corrected chi connectivity index (χ3v) is 2.97. The highest BCUT2D eigenvalue weighted by Crippen LogP contribution is 2.19. The predicted molar refractivity (Wildman–Crippen MR) is 56.8 cm³/mol. The first-order valence-electron chi connectivity index (χ1n) is 5.58. The van der Waals surface area contributed by atoms with Gasteiger partial charge in [-0.3, -0.25) is 0 Å². The zero-order valence-corrected chi connectivity index (χ0v) is 9.30. The first-order valence-corrected chi connectivity index (χ1v) is 5.58. The van der Waals surface area contributed by atoms with Gasteiger partial charge in [-0.1, -0.05) is 0 Å². The number of rotatable bonds is 2. The van der Waals surface area contributed by atoms with Crippen molar-refractivity contribution in [1.29, 1.82) is 0 Å². The van der Waals surface area contributed by atoms with Gasteiger partial charge in [0.2, 0.25) is 0 Å². The van der Waals surface area contributed by atoms with Crippen LogP contribution in [-0.4, -0.2) is 29.8 Å².